The fourth-order valence-electron chi connectivity index (χ4n) is 2.27. The molecule has 1 aliphatic carbocycles. The van der Waals surface area contributed by atoms with Gasteiger partial charge in [0.2, 0.25) is 5.91 Å². The van der Waals surface area contributed by atoms with Gasteiger partial charge in [0.15, 0.2) is 0 Å². The van der Waals surface area contributed by atoms with Gasteiger partial charge in [0.25, 0.3) is 0 Å². The van der Waals surface area contributed by atoms with Crippen LogP contribution in [-0.2, 0) is 4.79 Å². The van der Waals surface area contributed by atoms with Gasteiger partial charge in [-0.1, -0.05) is 26.7 Å². The number of hydrogen-bond acceptors (Lipinski definition) is 2. The normalized spacial score (nSPS) is 16.4. The molecule has 3 heteroatoms. The highest BCUT2D eigenvalue weighted by Gasteiger charge is 2.22. The van der Waals surface area contributed by atoms with E-state index in [-0.39, 0.29) is 11.8 Å². The van der Waals surface area contributed by atoms with E-state index in [0.717, 1.165) is 24.1 Å². The van der Waals surface area contributed by atoms with Crippen LogP contribution in [0.15, 0.2) is 18.5 Å². The number of hydrogen-bond donors (Lipinski definition) is 1. The van der Waals surface area contributed by atoms with E-state index >= 15 is 0 Å². The monoisotopic (exact) mass is 232 g/mol. The molecule has 1 aromatic rings. The fourth-order valence-corrected chi connectivity index (χ4v) is 2.27. The van der Waals surface area contributed by atoms with Gasteiger partial charge in [0, 0.05) is 12.1 Å². The average Bonchev–Trinajstić information content (AvgIpc) is 2.82. The lowest BCUT2D eigenvalue weighted by molar-refractivity contribution is -0.119. The summed E-state index contributed by atoms with van der Waals surface area (Å²) in [5, 5.41) is 2.98. The summed E-state index contributed by atoms with van der Waals surface area (Å²) in [5.41, 5.74) is 1.99. The minimum Gasteiger partial charge on any atom is -0.324 e. The van der Waals surface area contributed by atoms with Crippen molar-refractivity contribution in [3.05, 3.63) is 24.0 Å². The molecule has 1 saturated carbocycles. The molecule has 0 atom stereocenters. The summed E-state index contributed by atoms with van der Waals surface area (Å²) in [5.74, 6) is 0.800. The van der Waals surface area contributed by atoms with Crippen molar-refractivity contribution in [3.63, 3.8) is 0 Å². The maximum Gasteiger partial charge on any atom is 0.227 e. The summed E-state index contributed by atoms with van der Waals surface area (Å²) < 4.78 is 0. The molecule has 0 aliphatic heterocycles. The fraction of sp³-hybridized carbons (Fsp3) is 0.571. The molecular weight excluding hydrogens is 212 g/mol. The number of nitrogens with one attached hydrogen (secondary N) is 1. The van der Waals surface area contributed by atoms with Gasteiger partial charge in [-0.2, -0.15) is 0 Å². The lowest BCUT2D eigenvalue weighted by atomic mass is 10.0. The SMILES string of the molecule is CC(C)c1cncc(NC(=O)C2CCCC2)c1. The molecule has 3 nitrogen and oxygen atoms in total. The molecule has 0 saturated heterocycles. The Bertz CT molecular complexity index is 395. The highest BCUT2D eigenvalue weighted by molar-refractivity contribution is 5.92. The molecule has 0 spiro atoms. The lowest BCUT2D eigenvalue weighted by Crippen LogP contribution is -2.20. The topological polar surface area (TPSA) is 42.0 Å². The summed E-state index contributed by atoms with van der Waals surface area (Å²) in [6, 6.07) is 2.02. The number of aromatic nitrogens is 1. The first-order valence-corrected chi connectivity index (χ1v) is 6.42. The Morgan fingerprint density at radius 1 is 1.35 bits per heavy atom. The number of nitrogens with zero attached hydrogens (tertiary/aromatic N) is 1. The van der Waals surface area contributed by atoms with Crippen molar-refractivity contribution < 1.29 is 4.79 Å². The highest BCUT2D eigenvalue weighted by Crippen LogP contribution is 2.26. The number of rotatable bonds is 3. The molecular formula is C14H20N2O. The van der Waals surface area contributed by atoms with E-state index in [9.17, 15) is 4.79 Å². The Balaban J connectivity index is 2.02. The first kappa shape index (κ1) is 12.1. The second kappa shape index (κ2) is 5.30. The van der Waals surface area contributed by atoms with Crippen LogP contribution >= 0.6 is 0 Å². The third-order valence-electron chi connectivity index (χ3n) is 3.42. The first-order valence-electron chi connectivity index (χ1n) is 6.42. The van der Waals surface area contributed by atoms with Gasteiger partial charge in [-0.05, 0) is 30.4 Å². The van der Waals surface area contributed by atoms with E-state index in [1.54, 1.807) is 6.20 Å². The third-order valence-corrected chi connectivity index (χ3v) is 3.42. The van der Waals surface area contributed by atoms with Crippen molar-refractivity contribution in [3.8, 4) is 0 Å². The van der Waals surface area contributed by atoms with E-state index in [1.807, 2.05) is 12.3 Å². The van der Waals surface area contributed by atoms with Crippen molar-refractivity contribution in [1.29, 1.82) is 0 Å². The number of anilines is 1. The third kappa shape index (κ3) is 3.05. The Morgan fingerprint density at radius 2 is 2.06 bits per heavy atom. The quantitative estimate of drug-likeness (QED) is 0.868. The minimum atomic E-state index is 0.158. The predicted molar refractivity (Wildman–Crippen MR) is 68.9 cm³/mol. The molecule has 1 amide bonds. The summed E-state index contributed by atoms with van der Waals surface area (Å²) in [6.07, 6.45) is 8.01. The maximum absolute atomic E-state index is 12.0. The van der Waals surface area contributed by atoms with Crippen LogP contribution in [0.4, 0.5) is 5.69 Å². The van der Waals surface area contributed by atoms with Gasteiger partial charge in [0.05, 0.1) is 11.9 Å². The van der Waals surface area contributed by atoms with Crippen molar-refractivity contribution >= 4 is 11.6 Å². The van der Waals surface area contributed by atoms with Crippen LogP contribution in [0.2, 0.25) is 0 Å². The molecule has 1 heterocycles. The summed E-state index contributed by atoms with van der Waals surface area (Å²) in [4.78, 5) is 16.1. The second-order valence-corrected chi connectivity index (χ2v) is 5.13. The van der Waals surface area contributed by atoms with Crippen LogP contribution < -0.4 is 5.32 Å². The molecule has 0 aromatic carbocycles. The van der Waals surface area contributed by atoms with Crippen molar-refractivity contribution in [2.45, 2.75) is 45.4 Å². The Kier molecular flexibility index (Phi) is 3.77. The van der Waals surface area contributed by atoms with Gasteiger partial charge >= 0.3 is 0 Å². The number of pyridine rings is 1. The van der Waals surface area contributed by atoms with Crippen LogP contribution in [-0.4, -0.2) is 10.9 Å². The predicted octanol–water partition coefficient (Wildman–Crippen LogP) is 3.33. The van der Waals surface area contributed by atoms with E-state index in [0.29, 0.717) is 5.92 Å². The number of amides is 1. The van der Waals surface area contributed by atoms with Crippen molar-refractivity contribution in [2.24, 2.45) is 5.92 Å². The zero-order chi connectivity index (χ0) is 12.3. The molecule has 0 unspecified atom stereocenters. The standard InChI is InChI=1S/C14H20N2O/c1-10(2)12-7-13(9-15-8-12)16-14(17)11-5-3-4-6-11/h7-11H,3-6H2,1-2H3,(H,16,17). The van der Waals surface area contributed by atoms with Crippen LogP contribution in [0.3, 0.4) is 0 Å². The Morgan fingerprint density at radius 3 is 2.71 bits per heavy atom. The zero-order valence-corrected chi connectivity index (χ0v) is 10.6. The van der Waals surface area contributed by atoms with Crippen LogP contribution in [0.5, 0.6) is 0 Å². The minimum absolute atomic E-state index is 0.158. The summed E-state index contributed by atoms with van der Waals surface area (Å²) >= 11 is 0. The molecule has 1 aliphatic rings. The van der Waals surface area contributed by atoms with Crippen molar-refractivity contribution in [2.75, 3.05) is 5.32 Å². The zero-order valence-electron chi connectivity index (χ0n) is 10.6. The molecule has 0 radical (unpaired) electrons. The maximum atomic E-state index is 12.0. The Labute approximate surface area is 103 Å². The molecule has 17 heavy (non-hydrogen) atoms. The van der Waals surface area contributed by atoms with E-state index in [2.05, 4.69) is 24.1 Å². The smallest absolute Gasteiger partial charge is 0.227 e. The molecule has 1 fully saturated rings. The molecule has 0 bridgehead atoms. The van der Waals surface area contributed by atoms with E-state index < -0.39 is 0 Å². The summed E-state index contributed by atoms with van der Waals surface area (Å²) in [6.45, 7) is 4.25. The lowest BCUT2D eigenvalue weighted by Gasteiger charge is -2.12. The van der Waals surface area contributed by atoms with Gasteiger partial charge in [-0.15, -0.1) is 0 Å². The van der Waals surface area contributed by atoms with Gasteiger partial charge in [0.1, 0.15) is 0 Å². The summed E-state index contributed by atoms with van der Waals surface area (Å²) in [7, 11) is 0. The van der Waals surface area contributed by atoms with Gasteiger partial charge in [-0.3, -0.25) is 9.78 Å². The molecule has 1 N–H and O–H groups in total. The number of carbonyl (C=O) groups is 1. The van der Waals surface area contributed by atoms with E-state index in [4.69, 9.17) is 0 Å². The van der Waals surface area contributed by atoms with E-state index in [1.165, 1.54) is 12.8 Å². The first-order chi connectivity index (χ1) is 8.16. The van der Waals surface area contributed by atoms with Crippen LogP contribution in [0.1, 0.15) is 51.0 Å². The van der Waals surface area contributed by atoms with Gasteiger partial charge in [-0.25, -0.2) is 0 Å². The highest BCUT2D eigenvalue weighted by atomic mass is 16.1. The second-order valence-electron chi connectivity index (χ2n) is 5.13. The van der Waals surface area contributed by atoms with Crippen LogP contribution in [0.25, 0.3) is 0 Å². The van der Waals surface area contributed by atoms with Crippen molar-refractivity contribution in [1.82, 2.24) is 4.98 Å². The molecule has 1 aromatic heterocycles. The Hall–Kier alpha value is -1.38. The molecule has 92 valence electrons. The average molecular weight is 232 g/mol. The number of carbonyl (C=O) groups excluding carboxylic acids is 1. The van der Waals surface area contributed by atoms with Gasteiger partial charge < -0.3 is 5.32 Å². The van der Waals surface area contributed by atoms with Crippen LogP contribution in [0, 0.1) is 5.92 Å². The molecule has 2 rings (SSSR count). The largest absolute Gasteiger partial charge is 0.324 e.